The Bertz CT molecular complexity index is 1440. The lowest BCUT2D eigenvalue weighted by molar-refractivity contribution is 0.00645. The molecule has 0 unspecified atom stereocenters. The largest absolute Gasteiger partial charge is 0.497 e. The monoisotopic (exact) mass is 528 g/mol. The molecule has 1 fully saturated rings. The summed E-state index contributed by atoms with van der Waals surface area (Å²) in [6.07, 6.45) is 5.58. The number of aliphatic hydroxyl groups is 1. The molecule has 1 aliphatic heterocycles. The van der Waals surface area contributed by atoms with Crippen molar-refractivity contribution in [3.63, 3.8) is 0 Å². The molecule has 0 radical (unpaired) electrons. The van der Waals surface area contributed by atoms with Gasteiger partial charge >= 0.3 is 0 Å². The summed E-state index contributed by atoms with van der Waals surface area (Å²) in [4.78, 5) is 7.19. The van der Waals surface area contributed by atoms with E-state index >= 15 is 0 Å². The van der Waals surface area contributed by atoms with Crippen LogP contribution in [0.1, 0.15) is 37.8 Å². The van der Waals surface area contributed by atoms with Crippen molar-refractivity contribution in [3.05, 3.63) is 66.0 Å². The maximum atomic E-state index is 10.4. The maximum Gasteiger partial charge on any atom is 0.163 e. The predicted molar refractivity (Wildman–Crippen MR) is 153 cm³/mol. The Labute approximate surface area is 229 Å². The van der Waals surface area contributed by atoms with Gasteiger partial charge in [-0.3, -0.25) is 0 Å². The number of aryl methyl sites for hydroxylation is 1. The molecule has 3 heterocycles. The lowest BCUT2D eigenvalue weighted by Crippen LogP contribution is -2.42. The first-order chi connectivity index (χ1) is 18.8. The summed E-state index contributed by atoms with van der Waals surface area (Å²) < 4.78 is 17.0. The number of rotatable bonds is 8. The summed E-state index contributed by atoms with van der Waals surface area (Å²) in [5.74, 6) is 3.33. The first kappa shape index (κ1) is 26.7. The van der Waals surface area contributed by atoms with E-state index in [9.17, 15) is 5.11 Å². The van der Waals surface area contributed by atoms with Gasteiger partial charge in [-0.1, -0.05) is 12.1 Å². The third-order valence-corrected chi connectivity index (χ3v) is 7.63. The van der Waals surface area contributed by atoms with Crippen LogP contribution in [0.4, 0.5) is 5.82 Å². The molecule has 5 rings (SSSR count). The van der Waals surface area contributed by atoms with Gasteiger partial charge < -0.3 is 24.2 Å². The normalized spacial score (nSPS) is 14.5. The molecule has 4 aromatic rings. The molecule has 8 heteroatoms. The summed E-state index contributed by atoms with van der Waals surface area (Å²) in [7, 11) is 3.27. The number of ether oxygens (including phenoxy) is 3. The molecule has 0 atom stereocenters. The van der Waals surface area contributed by atoms with Crippen molar-refractivity contribution >= 4 is 16.7 Å². The van der Waals surface area contributed by atoms with Crippen molar-refractivity contribution in [1.29, 1.82) is 0 Å². The minimum Gasteiger partial charge on any atom is -0.497 e. The minimum atomic E-state index is -0.645. The van der Waals surface area contributed by atoms with Crippen LogP contribution in [-0.4, -0.2) is 53.2 Å². The number of hydrogen-bond donors (Lipinski definition) is 1. The Morgan fingerprint density at radius 2 is 1.72 bits per heavy atom. The highest BCUT2D eigenvalue weighted by atomic mass is 16.5. The third kappa shape index (κ3) is 5.76. The van der Waals surface area contributed by atoms with Gasteiger partial charge in [0.1, 0.15) is 18.2 Å². The van der Waals surface area contributed by atoms with Crippen LogP contribution in [0.3, 0.4) is 0 Å². The van der Waals surface area contributed by atoms with Crippen LogP contribution in [0.25, 0.3) is 22.0 Å². The summed E-state index contributed by atoms with van der Waals surface area (Å²) in [5.41, 5.74) is 4.09. The van der Waals surface area contributed by atoms with E-state index in [0.717, 1.165) is 70.7 Å². The van der Waals surface area contributed by atoms with Gasteiger partial charge in [-0.25, -0.2) is 4.98 Å². The smallest absolute Gasteiger partial charge is 0.163 e. The fraction of sp³-hybridized carbons (Fsp3) is 0.387. The standard InChI is InChI=1S/C31H36N4O4/c1-20-14-22(17-32-30(20)35-12-10-23(11-13-35)31(2,3)36)26-18-33-34-27-16-28(38-5)29(15-25(26)27)39-19-21-6-8-24(37-4)9-7-21/h6-9,14-18,23,36H,10-13,19H2,1-5H3. The van der Waals surface area contributed by atoms with Gasteiger partial charge in [0.2, 0.25) is 0 Å². The lowest BCUT2D eigenvalue weighted by Gasteiger charge is -2.38. The van der Waals surface area contributed by atoms with Gasteiger partial charge in [0.05, 0.1) is 31.5 Å². The number of aromatic nitrogens is 3. The maximum absolute atomic E-state index is 10.4. The number of pyridine rings is 1. The van der Waals surface area contributed by atoms with E-state index in [1.54, 1.807) is 20.4 Å². The summed E-state index contributed by atoms with van der Waals surface area (Å²) >= 11 is 0. The first-order valence-electron chi connectivity index (χ1n) is 13.3. The van der Waals surface area contributed by atoms with Crippen molar-refractivity contribution in [1.82, 2.24) is 15.2 Å². The summed E-state index contributed by atoms with van der Waals surface area (Å²) in [5, 5.41) is 19.9. The van der Waals surface area contributed by atoms with Crippen molar-refractivity contribution in [2.75, 3.05) is 32.2 Å². The average Bonchev–Trinajstić information content (AvgIpc) is 2.95. The second-order valence-corrected chi connectivity index (χ2v) is 10.7. The van der Waals surface area contributed by atoms with Crippen molar-refractivity contribution in [2.45, 2.75) is 45.8 Å². The number of benzene rings is 2. The lowest BCUT2D eigenvalue weighted by atomic mass is 9.83. The predicted octanol–water partition coefficient (Wildman–Crippen LogP) is 5.58. The highest BCUT2D eigenvalue weighted by molar-refractivity contribution is 5.95. The number of piperidine rings is 1. The quantitative estimate of drug-likeness (QED) is 0.317. The second-order valence-electron chi connectivity index (χ2n) is 10.7. The molecule has 1 N–H and O–H groups in total. The van der Waals surface area contributed by atoms with Crippen molar-refractivity contribution in [3.8, 4) is 28.4 Å². The number of anilines is 1. The molecule has 0 saturated carbocycles. The molecule has 0 bridgehead atoms. The van der Waals surface area contributed by atoms with Gasteiger partial charge in [-0.15, -0.1) is 0 Å². The molecular formula is C31H36N4O4. The van der Waals surface area contributed by atoms with Crippen LogP contribution in [-0.2, 0) is 6.61 Å². The van der Waals surface area contributed by atoms with E-state index in [0.29, 0.717) is 24.0 Å². The Kier molecular flexibility index (Phi) is 7.57. The van der Waals surface area contributed by atoms with Crippen molar-refractivity contribution < 1.29 is 19.3 Å². The number of hydrogen-bond acceptors (Lipinski definition) is 8. The highest BCUT2D eigenvalue weighted by Gasteiger charge is 2.31. The molecule has 39 heavy (non-hydrogen) atoms. The Morgan fingerprint density at radius 3 is 2.36 bits per heavy atom. The van der Waals surface area contributed by atoms with Crippen LogP contribution in [0.15, 0.2) is 54.9 Å². The van der Waals surface area contributed by atoms with Gasteiger partial charge in [-0.05, 0) is 74.9 Å². The van der Waals surface area contributed by atoms with E-state index in [2.05, 4.69) is 28.1 Å². The Hall–Kier alpha value is -3.91. The molecule has 2 aromatic carbocycles. The molecule has 1 saturated heterocycles. The van der Waals surface area contributed by atoms with E-state index in [1.165, 1.54) is 0 Å². The van der Waals surface area contributed by atoms with Gasteiger partial charge in [-0.2, -0.15) is 10.2 Å². The van der Waals surface area contributed by atoms with Gasteiger partial charge in [0.15, 0.2) is 11.5 Å². The Balaban J connectivity index is 1.41. The highest BCUT2D eigenvalue weighted by Crippen LogP contribution is 2.37. The molecule has 2 aromatic heterocycles. The van der Waals surface area contributed by atoms with Crippen LogP contribution in [0.2, 0.25) is 0 Å². The SMILES string of the molecule is COc1ccc(COc2cc3c(-c4cnc(N5CCC(C(C)(C)O)CC5)c(C)c4)cnnc3cc2OC)cc1. The minimum absolute atomic E-state index is 0.306. The van der Waals surface area contributed by atoms with E-state index in [1.807, 2.05) is 56.4 Å². The van der Waals surface area contributed by atoms with Gasteiger partial charge in [0.25, 0.3) is 0 Å². The zero-order chi connectivity index (χ0) is 27.6. The number of fused-ring (bicyclic) bond motifs is 1. The zero-order valence-corrected chi connectivity index (χ0v) is 23.3. The van der Waals surface area contributed by atoms with E-state index in [-0.39, 0.29) is 0 Å². The molecule has 0 spiro atoms. The average molecular weight is 529 g/mol. The molecule has 0 amide bonds. The first-order valence-corrected chi connectivity index (χ1v) is 13.3. The van der Waals surface area contributed by atoms with Crippen molar-refractivity contribution in [2.24, 2.45) is 5.92 Å². The zero-order valence-electron chi connectivity index (χ0n) is 23.3. The fourth-order valence-corrected chi connectivity index (χ4v) is 5.29. The number of methoxy groups -OCH3 is 2. The molecule has 204 valence electrons. The van der Waals surface area contributed by atoms with Crippen LogP contribution in [0, 0.1) is 12.8 Å². The number of nitrogens with zero attached hydrogens (tertiary/aromatic N) is 4. The van der Waals surface area contributed by atoms with E-state index in [4.69, 9.17) is 19.2 Å². The Morgan fingerprint density at radius 1 is 0.974 bits per heavy atom. The van der Waals surface area contributed by atoms with Crippen LogP contribution >= 0.6 is 0 Å². The molecule has 0 aliphatic carbocycles. The fourth-order valence-electron chi connectivity index (χ4n) is 5.29. The van der Waals surface area contributed by atoms with Crippen LogP contribution < -0.4 is 19.1 Å². The molecular weight excluding hydrogens is 492 g/mol. The van der Waals surface area contributed by atoms with E-state index < -0.39 is 5.60 Å². The van der Waals surface area contributed by atoms with Crippen LogP contribution in [0.5, 0.6) is 17.2 Å². The van der Waals surface area contributed by atoms with Gasteiger partial charge in [0, 0.05) is 41.9 Å². The topological polar surface area (TPSA) is 89.8 Å². The molecule has 1 aliphatic rings. The second kappa shape index (κ2) is 11.1. The summed E-state index contributed by atoms with van der Waals surface area (Å²) in [6.45, 7) is 8.07. The third-order valence-electron chi connectivity index (χ3n) is 7.63. The molecule has 8 nitrogen and oxygen atoms in total. The summed E-state index contributed by atoms with van der Waals surface area (Å²) in [6, 6.07) is 13.8.